The number of amidine groups is 1. The van der Waals surface area contributed by atoms with Gasteiger partial charge in [0.1, 0.15) is 17.3 Å². The molecule has 7 heteroatoms. The molecule has 2 N–H and O–H groups in total. The average Bonchev–Trinajstić information content (AvgIpc) is 2.62. The van der Waals surface area contributed by atoms with E-state index in [-0.39, 0.29) is 12.2 Å². The molecule has 0 saturated heterocycles. The van der Waals surface area contributed by atoms with Crippen LogP contribution in [0.2, 0.25) is 0 Å². The Kier molecular flexibility index (Phi) is 4.81. The van der Waals surface area contributed by atoms with E-state index in [2.05, 4.69) is 15.0 Å². The summed E-state index contributed by atoms with van der Waals surface area (Å²) in [6.07, 6.45) is 4.17. The topological polar surface area (TPSA) is 105 Å². The lowest BCUT2D eigenvalue weighted by atomic mass is 9.92. The molecule has 1 aliphatic heterocycles. The highest BCUT2D eigenvalue weighted by Crippen LogP contribution is 2.34. The number of carbonyl (C=O) groups is 1. The van der Waals surface area contributed by atoms with Crippen molar-refractivity contribution in [3.63, 3.8) is 0 Å². The minimum Gasteiger partial charge on any atom is -0.379 e. The van der Waals surface area contributed by atoms with Crippen molar-refractivity contribution in [1.29, 1.82) is 5.26 Å². The van der Waals surface area contributed by atoms with Crippen molar-refractivity contribution in [3.8, 4) is 6.07 Å². The molecule has 1 atom stereocenters. The van der Waals surface area contributed by atoms with Gasteiger partial charge in [-0.2, -0.15) is 5.26 Å². The van der Waals surface area contributed by atoms with Gasteiger partial charge in [-0.15, -0.1) is 0 Å². The third kappa shape index (κ3) is 3.86. The zero-order valence-corrected chi connectivity index (χ0v) is 14.6. The van der Waals surface area contributed by atoms with Gasteiger partial charge < -0.3 is 5.73 Å². The maximum absolute atomic E-state index is 12.4. The molecule has 1 aliphatic rings. The van der Waals surface area contributed by atoms with Gasteiger partial charge in [0.25, 0.3) is 0 Å². The first-order valence-electron chi connectivity index (χ1n) is 7.83. The molecule has 0 aliphatic carbocycles. The summed E-state index contributed by atoms with van der Waals surface area (Å²) in [6.45, 7) is 2.01. The van der Waals surface area contributed by atoms with Crippen LogP contribution in [-0.2, 0) is 12.0 Å². The van der Waals surface area contributed by atoms with Crippen molar-refractivity contribution in [2.24, 2.45) is 10.7 Å². The van der Waals surface area contributed by atoms with E-state index in [1.807, 2.05) is 25.1 Å². The van der Waals surface area contributed by atoms with Gasteiger partial charge in [-0.1, -0.05) is 11.8 Å². The Balaban J connectivity index is 1.81. The summed E-state index contributed by atoms with van der Waals surface area (Å²) in [7, 11) is 0. The molecule has 3 heterocycles. The number of aromatic nitrogens is 2. The Morgan fingerprint density at radius 3 is 2.92 bits per heavy atom. The number of aliphatic imine (C=N–C) groups is 1. The first kappa shape index (κ1) is 17.1. The van der Waals surface area contributed by atoms with Gasteiger partial charge in [-0.25, -0.2) is 4.99 Å². The van der Waals surface area contributed by atoms with Crippen molar-refractivity contribution in [3.05, 3.63) is 59.2 Å². The fourth-order valence-electron chi connectivity index (χ4n) is 2.65. The average molecular weight is 351 g/mol. The molecule has 126 valence electrons. The molecule has 0 saturated carbocycles. The number of nitriles is 1. The van der Waals surface area contributed by atoms with Gasteiger partial charge in [0, 0.05) is 24.6 Å². The Morgan fingerprint density at radius 2 is 2.24 bits per heavy atom. The lowest BCUT2D eigenvalue weighted by Crippen LogP contribution is -2.29. The number of carbonyl (C=O) groups excluding carboxylic acids is 1. The van der Waals surface area contributed by atoms with E-state index in [4.69, 9.17) is 11.0 Å². The van der Waals surface area contributed by atoms with Crippen LogP contribution in [0.4, 0.5) is 0 Å². The minimum absolute atomic E-state index is 0.103. The van der Waals surface area contributed by atoms with Crippen LogP contribution in [0.3, 0.4) is 0 Å². The van der Waals surface area contributed by atoms with Crippen LogP contribution in [0.15, 0.2) is 41.7 Å². The summed E-state index contributed by atoms with van der Waals surface area (Å²) in [5.41, 5.74) is 7.86. The highest BCUT2D eigenvalue weighted by Gasteiger charge is 2.31. The van der Waals surface area contributed by atoms with Crippen LogP contribution in [-0.4, -0.2) is 26.7 Å². The summed E-state index contributed by atoms with van der Waals surface area (Å²) in [4.78, 5) is 25.5. The molecule has 0 unspecified atom stereocenters. The van der Waals surface area contributed by atoms with Crippen molar-refractivity contribution < 1.29 is 4.79 Å². The lowest BCUT2D eigenvalue weighted by Gasteiger charge is -2.28. The van der Waals surface area contributed by atoms with Gasteiger partial charge in [0.15, 0.2) is 11.0 Å². The third-order valence-corrected chi connectivity index (χ3v) is 4.91. The Morgan fingerprint density at radius 1 is 1.40 bits per heavy atom. The summed E-state index contributed by atoms with van der Waals surface area (Å²) in [6, 6.07) is 8.89. The minimum atomic E-state index is -0.457. The van der Waals surface area contributed by atoms with Crippen LogP contribution < -0.4 is 5.73 Å². The summed E-state index contributed by atoms with van der Waals surface area (Å²) in [5, 5.41) is 9.37. The molecule has 2 aromatic heterocycles. The lowest BCUT2D eigenvalue weighted by molar-refractivity contribution is 0.0988. The quantitative estimate of drug-likeness (QED) is 0.848. The predicted molar refractivity (Wildman–Crippen MR) is 97.3 cm³/mol. The number of thioether (sulfide) groups is 1. The van der Waals surface area contributed by atoms with Gasteiger partial charge in [-0.3, -0.25) is 14.8 Å². The van der Waals surface area contributed by atoms with Gasteiger partial charge in [0.2, 0.25) is 0 Å². The Labute approximate surface area is 150 Å². The summed E-state index contributed by atoms with van der Waals surface area (Å²) in [5.74, 6) is 0.792. The van der Waals surface area contributed by atoms with Crippen LogP contribution in [0.5, 0.6) is 0 Å². The molecular formula is C18H17N5OS. The Bertz CT molecular complexity index is 872. The first-order valence-corrected chi connectivity index (χ1v) is 8.82. The fourth-order valence-corrected chi connectivity index (χ4v) is 3.63. The molecule has 3 rings (SSSR count). The van der Waals surface area contributed by atoms with E-state index in [0.29, 0.717) is 16.4 Å². The van der Waals surface area contributed by atoms with Crippen LogP contribution >= 0.6 is 11.8 Å². The zero-order valence-electron chi connectivity index (χ0n) is 13.8. The monoisotopic (exact) mass is 351 g/mol. The standard InChI is InChI=1S/C18H17N5OS/c1-18(5-7-25-17(20)23-18)16-9-12(4-6-21-16)8-15(24)14-3-2-13(10-19)11-22-14/h2-4,6,9,11H,5,7-8H2,1H3,(H2,20,23)/t18-/m0/s1. The van der Waals surface area contributed by atoms with Crippen LogP contribution in [0.25, 0.3) is 0 Å². The van der Waals surface area contributed by atoms with E-state index in [0.717, 1.165) is 23.4 Å². The number of nitrogens with zero attached hydrogens (tertiary/aromatic N) is 4. The second-order valence-corrected chi connectivity index (χ2v) is 7.13. The molecule has 0 amide bonds. The van der Waals surface area contributed by atoms with E-state index in [1.54, 1.807) is 30.1 Å². The number of rotatable bonds is 4. The van der Waals surface area contributed by atoms with Crippen molar-refractivity contribution in [2.75, 3.05) is 5.75 Å². The van der Waals surface area contributed by atoms with Crippen LogP contribution in [0.1, 0.15) is 40.7 Å². The molecular weight excluding hydrogens is 334 g/mol. The summed E-state index contributed by atoms with van der Waals surface area (Å²) >= 11 is 1.54. The van der Waals surface area contributed by atoms with Gasteiger partial charge >= 0.3 is 0 Å². The number of ketones is 1. The van der Waals surface area contributed by atoms with E-state index < -0.39 is 5.54 Å². The molecule has 0 radical (unpaired) electrons. The highest BCUT2D eigenvalue weighted by atomic mass is 32.2. The maximum atomic E-state index is 12.4. The molecule has 6 nitrogen and oxygen atoms in total. The molecule has 2 aromatic rings. The summed E-state index contributed by atoms with van der Waals surface area (Å²) < 4.78 is 0. The number of hydrogen-bond donors (Lipinski definition) is 1. The fraction of sp³-hybridized carbons (Fsp3) is 0.278. The van der Waals surface area contributed by atoms with E-state index in [9.17, 15) is 4.79 Å². The van der Waals surface area contributed by atoms with Crippen molar-refractivity contribution >= 4 is 22.7 Å². The molecule has 0 aromatic carbocycles. The van der Waals surface area contributed by atoms with E-state index >= 15 is 0 Å². The van der Waals surface area contributed by atoms with Crippen LogP contribution in [0, 0.1) is 11.3 Å². The molecule has 0 spiro atoms. The second-order valence-electron chi connectivity index (χ2n) is 6.02. The Hall–Kier alpha value is -2.72. The predicted octanol–water partition coefficient (Wildman–Crippen LogP) is 2.44. The third-order valence-electron chi connectivity index (χ3n) is 4.11. The van der Waals surface area contributed by atoms with Gasteiger partial charge in [0.05, 0.1) is 11.3 Å². The smallest absolute Gasteiger partial charge is 0.185 e. The van der Waals surface area contributed by atoms with Crippen molar-refractivity contribution in [1.82, 2.24) is 9.97 Å². The number of Topliss-reactive ketones (excluding diaryl/α,β-unsaturated/α-hetero) is 1. The zero-order chi connectivity index (χ0) is 17.9. The number of pyridine rings is 2. The number of nitrogens with two attached hydrogens (primary N) is 1. The number of hydrogen-bond acceptors (Lipinski definition) is 7. The molecule has 0 bridgehead atoms. The van der Waals surface area contributed by atoms with Crippen molar-refractivity contribution in [2.45, 2.75) is 25.3 Å². The molecule has 25 heavy (non-hydrogen) atoms. The largest absolute Gasteiger partial charge is 0.379 e. The maximum Gasteiger partial charge on any atom is 0.185 e. The normalized spacial score (nSPS) is 19.8. The van der Waals surface area contributed by atoms with Gasteiger partial charge in [-0.05, 0) is 43.2 Å². The second kappa shape index (κ2) is 7.03. The first-order chi connectivity index (χ1) is 12.0. The SMILES string of the molecule is C[C@@]1(c2cc(CC(=O)c3ccc(C#N)cn3)ccn2)CCSC(N)=N1. The van der Waals surface area contributed by atoms with E-state index in [1.165, 1.54) is 6.20 Å². The highest BCUT2D eigenvalue weighted by molar-refractivity contribution is 8.13. The molecule has 0 fully saturated rings.